The third-order valence-electron chi connectivity index (χ3n) is 3.19. The molecule has 2 rings (SSSR count). The molecule has 0 radical (unpaired) electrons. The summed E-state index contributed by atoms with van der Waals surface area (Å²) in [6.45, 7) is -0.977. The van der Waals surface area contributed by atoms with Gasteiger partial charge in [-0.3, -0.25) is 0 Å². The molecule has 1 fully saturated rings. The molecular weight excluding hydrogens is 288 g/mol. The topological polar surface area (TPSA) is 99.4 Å². The van der Waals surface area contributed by atoms with Crippen molar-refractivity contribution in [3.8, 4) is 0 Å². The van der Waals surface area contributed by atoms with Crippen LogP contribution in [0, 0.1) is 0 Å². The first kappa shape index (κ1) is 15.7. The van der Waals surface area contributed by atoms with Crippen LogP contribution in [0.2, 0.25) is 5.02 Å². The Morgan fingerprint density at radius 2 is 1.75 bits per heavy atom. The number of halogens is 1. The Morgan fingerprint density at radius 3 is 2.30 bits per heavy atom. The molecule has 0 aliphatic carbocycles. The molecule has 1 unspecified atom stereocenters. The normalized spacial score (nSPS) is 29.4. The molecule has 5 atom stereocenters. The molecule has 1 aliphatic rings. The second kappa shape index (κ2) is 6.82. The van der Waals surface area contributed by atoms with E-state index in [0.717, 1.165) is 0 Å². The Bertz CT molecular complexity index is 425. The third-order valence-corrected chi connectivity index (χ3v) is 3.44. The summed E-state index contributed by atoms with van der Waals surface area (Å²) in [6.07, 6.45) is -5.19. The molecule has 1 aromatic rings. The lowest BCUT2D eigenvalue weighted by Crippen LogP contribution is -2.45. The highest BCUT2D eigenvalue weighted by Crippen LogP contribution is 2.33. The van der Waals surface area contributed by atoms with Gasteiger partial charge in [-0.05, 0) is 12.1 Å². The molecule has 1 saturated heterocycles. The van der Waals surface area contributed by atoms with Gasteiger partial charge in [0.05, 0.1) is 13.2 Å². The maximum atomic E-state index is 9.88. The van der Waals surface area contributed by atoms with E-state index >= 15 is 0 Å². The summed E-state index contributed by atoms with van der Waals surface area (Å²) in [5.41, 5.74) is 0.682. The summed E-state index contributed by atoms with van der Waals surface area (Å²) in [7, 11) is 0. The number of hydrogen-bond acceptors (Lipinski definition) is 6. The van der Waals surface area contributed by atoms with E-state index in [1.807, 2.05) is 0 Å². The molecule has 4 N–H and O–H groups in total. The fourth-order valence-electron chi connectivity index (χ4n) is 2.05. The monoisotopic (exact) mass is 304 g/mol. The molecule has 112 valence electrons. The zero-order valence-corrected chi connectivity index (χ0v) is 11.3. The van der Waals surface area contributed by atoms with Crippen molar-refractivity contribution in [3.63, 3.8) is 0 Å². The molecule has 20 heavy (non-hydrogen) atoms. The second-order valence-electron chi connectivity index (χ2n) is 4.58. The Morgan fingerprint density at radius 1 is 1.10 bits per heavy atom. The van der Waals surface area contributed by atoms with Crippen molar-refractivity contribution >= 4 is 11.6 Å². The molecule has 7 heteroatoms. The highest BCUT2D eigenvalue weighted by Gasteiger charge is 2.43. The van der Waals surface area contributed by atoms with Crippen LogP contribution in [-0.2, 0) is 9.47 Å². The predicted molar refractivity (Wildman–Crippen MR) is 70.1 cm³/mol. The summed E-state index contributed by atoms with van der Waals surface area (Å²) in [6, 6.07) is 6.76. The number of hydrogen-bond donors (Lipinski definition) is 4. The lowest BCUT2D eigenvalue weighted by molar-refractivity contribution is -0.113. The molecular formula is C13H17ClO6. The van der Waals surface area contributed by atoms with E-state index in [1.54, 1.807) is 24.3 Å². The van der Waals surface area contributed by atoms with E-state index in [9.17, 15) is 15.3 Å². The van der Waals surface area contributed by atoms with E-state index < -0.39 is 37.3 Å². The summed E-state index contributed by atoms with van der Waals surface area (Å²) in [5.74, 6) is 0. The van der Waals surface area contributed by atoms with Gasteiger partial charge in [0.2, 0.25) is 0 Å². The average molecular weight is 305 g/mol. The van der Waals surface area contributed by atoms with Crippen LogP contribution in [0.1, 0.15) is 11.9 Å². The SMILES string of the molecule is OC[C@H](O)[C@H](O)[C@H]1OC(c2ccc(Cl)cc2)O[C@@H]1CO. The molecule has 1 heterocycles. The lowest BCUT2D eigenvalue weighted by Gasteiger charge is -2.23. The van der Waals surface area contributed by atoms with Gasteiger partial charge >= 0.3 is 0 Å². The zero-order valence-electron chi connectivity index (χ0n) is 10.6. The minimum absolute atomic E-state index is 0.371. The third kappa shape index (κ3) is 3.29. The Balaban J connectivity index is 2.11. The first-order valence-electron chi connectivity index (χ1n) is 6.21. The van der Waals surface area contributed by atoms with Gasteiger partial charge in [0.25, 0.3) is 0 Å². The highest BCUT2D eigenvalue weighted by molar-refractivity contribution is 6.30. The summed E-state index contributed by atoms with van der Waals surface area (Å²) in [5, 5.41) is 38.0. The van der Waals surface area contributed by atoms with Gasteiger partial charge < -0.3 is 29.9 Å². The molecule has 0 saturated carbocycles. The predicted octanol–water partition coefficient (Wildman–Crippen LogP) is -0.171. The number of aliphatic hydroxyl groups is 4. The molecule has 1 aliphatic heterocycles. The molecule has 0 bridgehead atoms. The second-order valence-corrected chi connectivity index (χ2v) is 5.02. The number of ether oxygens (including phenoxy) is 2. The van der Waals surface area contributed by atoms with Crippen LogP contribution >= 0.6 is 11.6 Å². The first-order chi connectivity index (χ1) is 9.56. The van der Waals surface area contributed by atoms with E-state index in [1.165, 1.54) is 0 Å². The van der Waals surface area contributed by atoms with Crippen molar-refractivity contribution < 1.29 is 29.9 Å². The van der Waals surface area contributed by atoms with Gasteiger partial charge in [-0.25, -0.2) is 0 Å². The number of benzene rings is 1. The number of rotatable bonds is 5. The van der Waals surface area contributed by atoms with Crippen LogP contribution in [0.25, 0.3) is 0 Å². The van der Waals surface area contributed by atoms with Gasteiger partial charge in [-0.2, -0.15) is 0 Å². The van der Waals surface area contributed by atoms with Crippen LogP contribution in [0.3, 0.4) is 0 Å². The average Bonchev–Trinajstić information content (AvgIpc) is 2.90. The van der Waals surface area contributed by atoms with Crippen LogP contribution in [0.5, 0.6) is 0 Å². The molecule has 6 nitrogen and oxygen atoms in total. The Kier molecular flexibility index (Phi) is 5.34. The number of aliphatic hydroxyl groups excluding tert-OH is 4. The molecule has 0 aromatic heterocycles. The van der Waals surface area contributed by atoms with Gasteiger partial charge in [-0.1, -0.05) is 23.7 Å². The first-order valence-corrected chi connectivity index (χ1v) is 6.59. The maximum Gasteiger partial charge on any atom is 0.184 e. The Labute approximate surface area is 121 Å². The minimum Gasteiger partial charge on any atom is -0.394 e. The zero-order chi connectivity index (χ0) is 14.7. The van der Waals surface area contributed by atoms with Crippen LogP contribution in [0.15, 0.2) is 24.3 Å². The van der Waals surface area contributed by atoms with Crippen molar-refractivity contribution in [3.05, 3.63) is 34.9 Å². The fraction of sp³-hybridized carbons (Fsp3) is 0.538. The molecule has 0 amide bonds. The standard InChI is InChI=1S/C13H17ClO6/c14-8-3-1-7(2-4-8)13-19-10(6-16)12(20-13)11(18)9(17)5-15/h1-4,9-13,15-18H,5-6H2/t9-,10+,11-,12-,13?/m0/s1. The summed E-state index contributed by atoms with van der Waals surface area (Å²) >= 11 is 5.79. The van der Waals surface area contributed by atoms with Gasteiger partial charge in [-0.15, -0.1) is 0 Å². The fourth-order valence-corrected chi connectivity index (χ4v) is 2.18. The van der Waals surface area contributed by atoms with Gasteiger partial charge in [0, 0.05) is 10.6 Å². The smallest absolute Gasteiger partial charge is 0.184 e. The van der Waals surface area contributed by atoms with Crippen molar-refractivity contribution in [1.82, 2.24) is 0 Å². The quantitative estimate of drug-likeness (QED) is 0.603. The van der Waals surface area contributed by atoms with E-state index in [-0.39, 0.29) is 6.61 Å². The summed E-state index contributed by atoms with van der Waals surface area (Å²) < 4.78 is 11.0. The van der Waals surface area contributed by atoms with Crippen LogP contribution < -0.4 is 0 Å². The molecule has 0 spiro atoms. The van der Waals surface area contributed by atoms with Crippen molar-refractivity contribution in [2.75, 3.05) is 13.2 Å². The van der Waals surface area contributed by atoms with Crippen molar-refractivity contribution in [2.24, 2.45) is 0 Å². The van der Waals surface area contributed by atoms with Gasteiger partial charge in [0.15, 0.2) is 6.29 Å². The van der Waals surface area contributed by atoms with E-state index in [0.29, 0.717) is 10.6 Å². The lowest BCUT2D eigenvalue weighted by atomic mass is 10.0. The largest absolute Gasteiger partial charge is 0.394 e. The minimum atomic E-state index is -1.36. The van der Waals surface area contributed by atoms with Gasteiger partial charge in [0.1, 0.15) is 24.4 Å². The van der Waals surface area contributed by atoms with Crippen molar-refractivity contribution in [2.45, 2.75) is 30.7 Å². The molecule has 1 aromatic carbocycles. The van der Waals surface area contributed by atoms with Crippen molar-refractivity contribution in [1.29, 1.82) is 0 Å². The Hall–Kier alpha value is -0.730. The highest BCUT2D eigenvalue weighted by atomic mass is 35.5. The van der Waals surface area contributed by atoms with Crippen LogP contribution in [-0.4, -0.2) is 58.1 Å². The summed E-state index contributed by atoms with van der Waals surface area (Å²) in [4.78, 5) is 0. The van der Waals surface area contributed by atoms with E-state index in [2.05, 4.69) is 0 Å². The maximum absolute atomic E-state index is 9.88. The van der Waals surface area contributed by atoms with Crippen LogP contribution in [0.4, 0.5) is 0 Å². The van der Waals surface area contributed by atoms with E-state index in [4.69, 9.17) is 26.2 Å².